The smallest absolute Gasteiger partial charge is 0.451 e. The van der Waals surface area contributed by atoms with Crippen LogP contribution in [0.4, 0.5) is 33.7 Å². The summed E-state index contributed by atoms with van der Waals surface area (Å²) in [6, 6.07) is 1.58. The lowest BCUT2D eigenvalue weighted by molar-refractivity contribution is -0.292. The number of aromatic nitrogens is 8. The van der Waals surface area contributed by atoms with Crippen molar-refractivity contribution in [1.82, 2.24) is 38.9 Å². The molecule has 0 aromatic carbocycles. The Kier molecular flexibility index (Phi) is 5.83. The lowest BCUT2D eigenvalue weighted by atomic mass is 10.2. The average molecular weight is 570 g/mol. The van der Waals surface area contributed by atoms with E-state index in [9.17, 15) is 22.0 Å². The van der Waals surface area contributed by atoms with Gasteiger partial charge in [-0.05, 0) is 6.42 Å². The molecule has 17 heteroatoms. The van der Waals surface area contributed by atoms with E-state index in [0.717, 1.165) is 0 Å². The van der Waals surface area contributed by atoms with Crippen LogP contribution in [0.3, 0.4) is 0 Å². The van der Waals surface area contributed by atoms with Crippen molar-refractivity contribution in [3.05, 3.63) is 47.6 Å². The van der Waals surface area contributed by atoms with Crippen LogP contribution in [0.15, 0.2) is 36.9 Å². The zero-order valence-corrected chi connectivity index (χ0v) is 20.6. The van der Waals surface area contributed by atoms with Crippen molar-refractivity contribution in [1.29, 1.82) is 0 Å². The largest absolute Gasteiger partial charge is 0.459 e. The molecule has 1 atom stereocenters. The number of fused-ring (bicyclic) bond motifs is 2. The fourth-order valence-electron chi connectivity index (χ4n) is 4.21. The van der Waals surface area contributed by atoms with Crippen LogP contribution in [-0.2, 0) is 17.7 Å². The van der Waals surface area contributed by atoms with Gasteiger partial charge < -0.3 is 19.4 Å². The Morgan fingerprint density at radius 2 is 2.00 bits per heavy atom. The molecule has 1 saturated heterocycles. The van der Waals surface area contributed by atoms with Gasteiger partial charge in [0.1, 0.15) is 16.2 Å². The maximum Gasteiger partial charge on any atom is 0.459 e. The first-order valence-electron chi connectivity index (χ1n) is 11.4. The van der Waals surface area contributed by atoms with Crippen LogP contribution >= 0.6 is 11.6 Å². The Bertz CT molecular complexity index is 1690. The van der Waals surface area contributed by atoms with Crippen molar-refractivity contribution < 1.29 is 31.4 Å². The Morgan fingerprint density at radius 3 is 2.74 bits per heavy atom. The van der Waals surface area contributed by atoms with Crippen molar-refractivity contribution in [2.45, 2.75) is 24.6 Å². The highest BCUT2D eigenvalue weighted by molar-refractivity contribution is 6.36. The highest BCUT2D eigenvalue weighted by atomic mass is 35.5. The number of hydrogen-bond donors (Lipinski definition) is 1. The van der Waals surface area contributed by atoms with Crippen molar-refractivity contribution in [3.8, 4) is 11.5 Å². The fraction of sp³-hybridized carbons (Fsp3) is 0.318. The van der Waals surface area contributed by atoms with E-state index in [2.05, 4.69) is 30.5 Å². The van der Waals surface area contributed by atoms with Gasteiger partial charge in [0.05, 0.1) is 37.4 Å². The van der Waals surface area contributed by atoms with E-state index in [1.54, 1.807) is 25.5 Å². The number of nitrogens with zero attached hydrogens (tertiary/aromatic N) is 8. The lowest BCUT2D eigenvalue weighted by Gasteiger charge is -2.22. The zero-order chi connectivity index (χ0) is 27.5. The van der Waals surface area contributed by atoms with Gasteiger partial charge in [0.15, 0.2) is 28.6 Å². The summed E-state index contributed by atoms with van der Waals surface area (Å²) in [5.74, 6) is -4.87. The Labute approximate surface area is 220 Å². The molecule has 1 N–H and O–H groups in total. The molecular weight excluding hydrogens is 553 g/mol. The van der Waals surface area contributed by atoms with Crippen molar-refractivity contribution in [2.24, 2.45) is 7.05 Å². The molecule has 0 saturated carbocycles. The molecule has 6 rings (SSSR count). The highest BCUT2D eigenvalue weighted by Gasteiger charge is 2.61. The van der Waals surface area contributed by atoms with Crippen LogP contribution in [0.1, 0.15) is 18.2 Å². The summed E-state index contributed by atoms with van der Waals surface area (Å²) in [7, 11) is 1.55. The van der Waals surface area contributed by atoms with Crippen molar-refractivity contribution in [3.63, 3.8) is 0 Å². The maximum atomic E-state index is 14.4. The van der Waals surface area contributed by atoms with Crippen LogP contribution in [0, 0.1) is 0 Å². The Hall–Kier alpha value is -4.05. The first-order chi connectivity index (χ1) is 18.5. The molecular formula is C22H17ClF5N9O2. The molecule has 39 heavy (non-hydrogen) atoms. The van der Waals surface area contributed by atoms with Gasteiger partial charge in [-0.2, -0.15) is 37.1 Å². The van der Waals surface area contributed by atoms with Gasteiger partial charge in [0.2, 0.25) is 5.95 Å². The maximum absolute atomic E-state index is 14.4. The number of pyridine rings is 1. The van der Waals surface area contributed by atoms with Gasteiger partial charge in [-0.1, -0.05) is 11.6 Å². The molecule has 5 aromatic heterocycles. The molecule has 11 nitrogen and oxygen atoms in total. The first-order valence-corrected chi connectivity index (χ1v) is 11.8. The second-order valence-electron chi connectivity index (χ2n) is 8.70. The highest BCUT2D eigenvalue weighted by Crippen LogP contribution is 2.46. The molecule has 6 heterocycles. The molecule has 1 aliphatic heterocycles. The number of halogens is 6. The van der Waals surface area contributed by atoms with Gasteiger partial charge in [0, 0.05) is 25.8 Å². The van der Waals surface area contributed by atoms with Crippen molar-refractivity contribution in [2.75, 3.05) is 18.5 Å². The first kappa shape index (κ1) is 25.2. The molecule has 0 unspecified atom stereocenters. The number of anilines is 2. The topological polar surface area (TPSA) is 109 Å². The summed E-state index contributed by atoms with van der Waals surface area (Å²) in [5, 5.41) is 10.9. The van der Waals surface area contributed by atoms with E-state index in [-0.39, 0.29) is 47.8 Å². The quantitative estimate of drug-likeness (QED) is 0.284. The molecule has 0 aliphatic carbocycles. The number of rotatable bonds is 6. The summed E-state index contributed by atoms with van der Waals surface area (Å²) in [6.07, 6.45) is 0.414. The molecule has 1 aliphatic rings. The van der Waals surface area contributed by atoms with E-state index in [1.807, 2.05) is 0 Å². The predicted octanol–water partition coefficient (Wildman–Crippen LogP) is 5.01. The summed E-state index contributed by atoms with van der Waals surface area (Å²) >= 11 is 6.58. The SMILES string of the molecule is Cn1c(Nc2cc(C(F)(F)C(F)(F)F)n([C@H]3CCOC3)n2)nc2ncc(Oc3cnc4ccnn4c3)c(Cl)c21. The Balaban J connectivity index is 1.34. The zero-order valence-electron chi connectivity index (χ0n) is 19.8. The van der Waals surface area contributed by atoms with Crippen LogP contribution < -0.4 is 10.1 Å². The third-order valence-corrected chi connectivity index (χ3v) is 6.53. The standard InChI is InChI=1S/C22H17ClF5N9O2/c1-35-18-17(23)13(39-12-7-29-16-2-4-31-36(16)9-12)8-30-19(18)33-20(35)32-15-6-14(21(24,25)22(26,27)28)37(34-15)11-3-5-38-10-11/h2,4,6-9,11H,3,5,10H2,1H3,(H,30,32,33,34)/t11-/m0/s1. The summed E-state index contributed by atoms with van der Waals surface area (Å²) in [5.41, 5.74) is -0.207. The summed E-state index contributed by atoms with van der Waals surface area (Å²) in [6.45, 7) is 0.176. The van der Waals surface area contributed by atoms with Crippen LogP contribution in [0.25, 0.3) is 16.8 Å². The number of imidazole rings is 1. The van der Waals surface area contributed by atoms with E-state index in [0.29, 0.717) is 27.7 Å². The second kappa shape index (κ2) is 9.01. The fourth-order valence-corrected chi connectivity index (χ4v) is 4.51. The number of nitrogens with one attached hydrogen (secondary N) is 1. The number of alkyl halides is 5. The normalized spacial score (nSPS) is 16.4. The van der Waals surface area contributed by atoms with Crippen LogP contribution in [0.2, 0.25) is 5.02 Å². The minimum atomic E-state index is -5.81. The monoisotopic (exact) mass is 569 g/mol. The number of ether oxygens (including phenoxy) is 2. The van der Waals surface area contributed by atoms with Crippen molar-refractivity contribution >= 4 is 40.2 Å². The van der Waals surface area contributed by atoms with Gasteiger partial charge in [-0.15, -0.1) is 0 Å². The Morgan fingerprint density at radius 1 is 1.18 bits per heavy atom. The molecule has 0 bridgehead atoms. The van der Waals surface area contributed by atoms with E-state index in [1.165, 1.54) is 21.5 Å². The minimum absolute atomic E-state index is 0.0422. The summed E-state index contributed by atoms with van der Waals surface area (Å²) < 4.78 is 83.1. The third kappa shape index (κ3) is 4.28. The van der Waals surface area contributed by atoms with E-state index >= 15 is 0 Å². The van der Waals surface area contributed by atoms with Gasteiger partial charge in [-0.3, -0.25) is 4.68 Å². The molecule has 0 radical (unpaired) electrons. The predicted molar refractivity (Wildman–Crippen MR) is 127 cm³/mol. The van der Waals surface area contributed by atoms with Gasteiger partial charge in [0.25, 0.3) is 0 Å². The summed E-state index contributed by atoms with van der Waals surface area (Å²) in [4.78, 5) is 12.7. The minimum Gasteiger partial charge on any atom is -0.451 e. The molecule has 0 spiro atoms. The van der Waals surface area contributed by atoms with E-state index < -0.39 is 23.8 Å². The molecule has 1 fully saturated rings. The van der Waals surface area contributed by atoms with Crippen LogP contribution in [0.5, 0.6) is 11.5 Å². The second-order valence-corrected chi connectivity index (χ2v) is 9.08. The average Bonchev–Trinajstić information content (AvgIpc) is 3.67. The van der Waals surface area contributed by atoms with E-state index in [4.69, 9.17) is 21.1 Å². The van der Waals surface area contributed by atoms with Crippen LogP contribution in [-0.4, -0.2) is 58.3 Å². The van der Waals surface area contributed by atoms with Gasteiger partial charge >= 0.3 is 12.1 Å². The lowest BCUT2D eigenvalue weighted by Crippen LogP contribution is -2.36. The molecule has 204 valence electrons. The molecule has 5 aromatic rings. The van der Waals surface area contributed by atoms with Gasteiger partial charge in [-0.25, -0.2) is 14.5 Å². The third-order valence-electron chi connectivity index (χ3n) is 6.16. The number of aryl methyl sites for hydroxylation is 1. The number of hydrogen-bond acceptors (Lipinski definition) is 8. The molecule has 0 amide bonds.